The zero-order valence-electron chi connectivity index (χ0n) is 58.9. The minimum Gasteiger partial charge on any atom is -0.399 e. The molecule has 506 valence electrons. The molecule has 0 radical (unpaired) electrons. The van der Waals surface area contributed by atoms with Crippen molar-refractivity contribution < 1.29 is 27.9 Å². The summed E-state index contributed by atoms with van der Waals surface area (Å²) in [5.74, 6) is 0.665. The Kier molecular flexibility index (Phi) is 20.7. The van der Waals surface area contributed by atoms with Gasteiger partial charge in [-0.05, 0) is 192 Å². The maximum atomic E-state index is 6.34. The fourth-order valence-electron chi connectivity index (χ4n) is 12.1. The van der Waals surface area contributed by atoms with Gasteiger partial charge in [0.2, 0.25) is 5.28 Å². The lowest BCUT2D eigenvalue weighted by Crippen LogP contribution is -2.41. The van der Waals surface area contributed by atoms with Crippen LogP contribution in [0.15, 0.2) is 279 Å². The molecule has 3 aliphatic heterocycles. The summed E-state index contributed by atoms with van der Waals surface area (Å²) >= 11 is 6.34. The summed E-state index contributed by atoms with van der Waals surface area (Å²) in [5.41, 5.74) is 18.5. The highest BCUT2D eigenvalue weighted by atomic mass is 35.5. The summed E-state index contributed by atoms with van der Waals surface area (Å²) in [6.45, 7) is 24.8. The van der Waals surface area contributed by atoms with E-state index in [0.29, 0.717) is 5.82 Å². The molecule has 0 amide bonds. The maximum Gasteiger partial charge on any atom is 0.494 e. The molecule has 0 saturated carbocycles. The first-order valence-corrected chi connectivity index (χ1v) is 34.6. The van der Waals surface area contributed by atoms with Crippen LogP contribution in [0.25, 0.3) is 101 Å². The summed E-state index contributed by atoms with van der Waals surface area (Å²) in [6, 6.07) is 95.7. The van der Waals surface area contributed by atoms with Gasteiger partial charge < -0.3 is 27.9 Å². The zero-order chi connectivity index (χ0) is 70.0. The van der Waals surface area contributed by atoms with Crippen LogP contribution in [0.2, 0.25) is 5.28 Å². The lowest BCUT2D eigenvalue weighted by Gasteiger charge is -2.32. The minimum atomic E-state index is -0.423. The molecule has 10 nitrogen and oxygen atoms in total. The van der Waals surface area contributed by atoms with E-state index in [-0.39, 0.29) is 49.4 Å². The Morgan fingerprint density at radius 3 is 0.683 bits per heavy atom. The Labute approximate surface area is 603 Å². The van der Waals surface area contributed by atoms with Crippen molar-refractivity contribution in [1.29, 1.82) is 0 Å². The maximum absolute atomic E-state index is 6.34. The van der Waals surface area contributed by atoms with Crippen LogP contribution in [0.5, 0.6) is 0 Å². The molecule has 0 N–H and O–H groups in total. The third-order valence-corrected chi connectivity index (χ3v) is 20.3. The number of aromatic nitrogens is 4. The van der Waals surface area contributed by atoms with Crippen LogP contribution in [-0.2, 0) is 27.9 Å². The first-order chi connectivity index (χ1) is 47.9. The van der Waals surface area contributed by atoms with E-state index in [2.05, 4.69) is 281 Å². The molecule has 0 aliphatic carbocycles. The monoisotopic (exact) mass is 1350 g/mol. The van der Waals surface area contributed by atoms with Gasteiger partial charge in [0.1, 0.15) is 0 Å². The molecule has 14 heteroatoms. The second-order valence-electron chi connectivity index (χ2n) is 28.7. The minimum absolute atomic E-state index is 0. The van der Waals surface area contributed by atoms with E-state index >= 15 is 0 Å². The van der Waals surface area contributed by atoms with Crippen LogP contribution in [0.4, 0.5) is 0 Å². The van der Waals surface area contributed by atoms with Gasteiger partial charge in [0.15, 0.2) is 5.82 Å². The molecule has 0 bridgehead atoms. The topological polar surface area (TPSA) is 107 Å². The third-order valence-electron chi connectivity index (χ3n) is 20.2. The predicted molar refractivity (Wildman–Crippen MR) is 418 cm³/mol. The van der Waals surface area contributed by atoms with Crippen molar-refractivity contribution in [3.8, 4) is 101 Å². The van der Waals surface area contributed by atoms with Crippen molar-refractivity contribution in [2.24, 2.45) is 0 Å². The van der Waals surface area contributed by atoms with E-state index in [1.807, 2.05) is 91.0 Å². The van der Waals surface area contributed by atoms with E-state index in [4.69, 9.17) is 49.5 Å². The molecule has 3 aliphatic rings. The molecular weight excluding hydrogens is 1260 g/mol. The SMILES string of the molecule is C.CC1(C)OB(c2ccc(-c3nc(-c4cccc(-c5ccccc5)c4)cc(-c4cccc(-c5ccccc5)c4)n3)cc2)OC1(C)C.CC1(C)OB(c2ccc(B3OC(C)(C)C(C)(C)O3)cc2)OC1(C)C.Clc1nc(-c2cccc(-c3ccccc3)c2)cc(-c2cccc(-c3ccccc3)c2)n1. The highest BCUT2D eigenvalue weighted by Gasteiger charge is 2.54. The fourth-order valence-corrected chi connectivity index (χ4v) is 12.3. The van der Waals surface area contributed by atoms with Crippen LogP contribution >= 0.6 is 11.6 Å². The molecule has 0 atom stereocenters. The van der Waals surface area contributed by atoms with Gasteiger partial charge >= 0.3 is 21.4 Å². The molecule has 10 aromatic carbocycles. The molecule has 3 fully saturated rings. The standard InChI is InChI=1S/C40H35BN2O2.C28H19ClN2.C18H28B2O4.CH4/c1-39(2)40(3,4)45-41(44-39)35-23-21-30(22-24-35)38-42-36(33-19-11-17-31(25-33)28-13-7-5-8-14-28)27-37(43-38)34-20-12-18-32(26-34)29-15-9-6-10-16-29;29-28-30-26(24-15-7-13-22(17-24)20-9-3-1-4-10-20)19-27(31-28)25-16-8-14-23(18-25)21-11-5-2-6-12-21;1-15(2)16(3,4)22-19(21-15)13-9-11-14(12-10-13)20-23-17(5,6)18(7,8)24-20;/h5-27H,1-4H3;1-19H;9-12H,1-8H3;1H4. The van der Waals surface area contributed by atoms with Gasteiger partial charge in [-0.1, -0.05) is 250 Å². The van der Waals surface area contributed by atoms with E-state index < -0.39 is 18.3 Å². The van der Waals surface area contributed by atoms with Crippen LogP contribution in [0.1, 0.15) is 90.5 Å². The van der Waals surface area contributed by atoms with E-state index in [1.165, 1.54) is 22.3 Å². The molecular formula is C87H86B3ClN4O6. The van der Waals surface area contributed by atoms with Crippen LogP contribution in [0, 0.1) is 0 Å². The van der Waals surface area contributed by atoms with E-state index in [1.54, 1.807) is 0 Å². The average molecular weight is 1350 g/mol. The van der Waals surface area contributed by atoms with Gasteiger partial charge in [0, 0.05) is 27.8 Å². The first-order valence-electron chi connectivity index (χ1n) is 34.2. The summed E-state index contributed by atoms with van der Waals surface area (Å²) in [4.78, 5) is 19.2. The van der Waals surface area contributed by atoms with Crippen molar-refractivity contribution in [2.45, 2.75) is 124 Å². The second kappa shape index (κ2) is 29.3. The molecule has 5 heterocycles. The second-order valence-corrected chi connectivity index (χ2v) is 29.0. The highest BCUT2D eigenvalue weighted by molar-refractivity contribution is 6.64. The molecule has 12 aromatic rings. The van der Waals surface area contributed by atoms with Gasteiger partial charge in [-0.2, -0.15) is 0 Å². The summed E-state index contributed by atoms with van der Waals surface area (Å²) < 4.78 is 37.0. The number of benzene rings is 10. The number of rotatable bonds is 12. The number of nitrogens with zero attached hydrogens (tertiary/aromatic N) is 4. The molecule has 15 rings (SSSR count). The molecule has 3 saturated heterocycles. The summed E-state index contributed by atoms with van der Waals surface area (Å²) in [6.07, 6.45) is 0. The number of halogens is 1. The largest absolute Gasteiger partial charge is 0.494 e. The average Bonchev–Trinajstić information content (AvgIpc) is 1.28. The van der Waals surface area contributed by atoms with Gasteiger partial charge in [-0.15, -0.1) is 0 Å². The fraction of sp³-hybridized carbons (Fsp3) is 0.218. The van der Waals surface area contributed by atoms with Crippen LogP contribution < -0.4 is 16.4 Å². The molecule has 0 unspecified atom stereocenters. The number of hydrogen-bond donors (Lipinski definition) is 0. The Morgan fingerprint density at radius 2 is 0.436 bits per heavy atom. The summed E-state index contributed by atoms with van der Waals surface area (Å²) in [7, 11) is -1.11. The number of hydrogen-bond acceptors (Lipinski definition) is 10. The third kappa shape index (κ3) is 15.9. The quantitative estimate of drug-likeness (QED) is 0.0867. The van der Waals surface area contributed by atoms with Crippen molar-refractivity contribution in [3.63, 3.8) is 0 Å². The van der Waals surface area contributed by atoms with Crippen molar-refractivity contribution in [2.75, 3.05) is 0 Å². The van der Waals surface area contributed by atoms with Crippen LogP contribution in [-0.4, -0.2) is 74.9 Å². The van der Waals surface area contributed by atoms with E-state index in [9.17, 15) is 0 Å². The Morgan fingerprint density at radius 1 is 0.228 bits per heavy atom. The Balaban J connectivity index is 0.000000151. The predicted octanol–water partition coefficient (Wildman–Crippen LogP) is 19.8. The van der Waals surface area contributed by atoms with Gasteiger partial charge in [-0.3, -0.25) is 0 Å². The lowest BCUT2D eigenvalue weighted by atomic mass is 9.74. The molecule has 101 heavy (non-hydrogen) atoms. The van der Waals surface area contributed by atoms with E-state index in [0.717, 1.165) is 89.2 Å². The normalized spacial score (nSPS) is 16.5. The van der Waals surface area contributed by atoms with Crippen molar-refractivity contribution in [3.05, 3.63) is 284 Å². The first kappa shape index (κ1) is 71.4. The van der Waals surface area contributed by atoms with Gasteiger partial charge in [0.25, 0.3) is 0 Å². The lowest BCUT2D eigenvalue weighted by molar-refractivity contribution is 0.00578. The van der Waals surface area contributed by atoms with Crippen LogP contribution in [0.3, 0.4) is 0 Å². The molecule has 2 aromatic heterocycles. The van der Waals surface area contributed by atoms with Crippen molar-refractivity contribution in [1.82, 2.24) is 19.9 Å². The van der Waals surface area contributed by atoms with Crippen molar-refractivity contribution >= 4 is 49.3 Å². The zero-order valence-corrected chi connectivity index (χ0v) is 59.7. The highest BCUT2D eigenvalue weighted by Crippen LogP contribution is 2.41. The Hall–Kier alpha value is -9.40. The van der Waals surface area contributed by atoms with Gasteiger partial charge in [0.05, 0.1) is 56.4 Å². The molecule has 0 spiro atoms. The summed E-state index contributed by atoms with van der Waals surface area (Å²) in [5, 5.41) is 0.239. The Bertz CT molecular complexity index is 4530. The smallest absolute Gasteiger partial charge is 0.399 e. The van der Waals surface area contributed by atoms with Gasteiger partial charge in [-0.25, -0.2) is 19.9 Å².